The van der Waals surface area contributed by atoms with Crippen molar-refractivity contribution in [2.45, 2.75) is 39.0 Å². The van der Waals surface area contributed by atoms with E-state index < -0.39 is 0 Å². The van der Waals surface area contributed by atoms with Crippen molar-refractivity contribution < 1.29 is 0 Å². The van der Waals surface area contributed by atoms with Gasteiger partial charge in [0.05, 0.1) is 10.2 Å². The summed E-state index contributed by atoms with van der Waals surface area (Å²) in [7, 11) is 1.91. The van der Waals surface area contributed by atoms with Crippen LogP contribution in [0.25, 0.3) is 0 Å². The Hall–Kier alpha value is -0.680. The molecule has 1 aromatic rings. The van der Waals surface area contributed by atoms with Crippen LogP contribution in [0.4, 0.5) is 5.82 Å². The monoisotopic (exact) mass is 326 g/mol. The molecule has 0 spiro atoms. The molecule has 19 heavy (non-hydrogen) atoms. The minimum absolute atomic E-state index is 0.636. The highest BCUT2D eigenvalue weighted by Gasteiger charge is 2.29. The summed E-state index contributed by atoms with van der Waals surface area (Å²) in [4.78, 5) is 11.8. The fraction of sp³-hybridized carbons (Fsp3) is 0.714. The molecule has 0 aromatic carbocycles. The van der Waals surface area contributed by atoms with Gasteiger partial charge in [0.25, 0.3) is 0 Å². The average molecular weight is 327 g/mol. The molecule has 4 nitrogen and oxygen atoms in total. The fourth-order valence-corrected chi connectivity index (χ4v) is 2.91. The molecule has 0 atom stereocenters. The van der Waals surface area contributed by atoms with E-state index in [0.717, 1.165) is 42.2 Å². The van der Waals surface area contributed by atoms with Crippen LogP contribution in [0.5, 0.6) is 0 Å². The van der Waals surface area contributed by atoms with E-state index in [-0.39, 0.29) is 0 Å². The number of halogens is 1. The van der Waals surface area contributed by atoms with Crippen molar-refractivity contribution in [1.82, 2.24) is 14.9 Å². The summed E-state index contributed by atoms with van der Waals surface area (Å²) in [6.45, 7) is 7.59. The third-order valence-electron chi connectivity index (χ3n) is 3.67. The van der Waals surface area contributed by atoms with Crippen molar-refractivity contribution in [3.05, 3.63) is 16.0 Å². The molecule has 1 N–H and O–H groups in total. The summed E-state index contributed by atoms with van der Waals surface area (Å²) in [5.41, 5.74) is 1.19. The topological polar surface area (TPSA) is 41.1 Å². The normalized spacial score (nSPS) is 15.0. The minimum Gasteiger partial charge on any atom is -0.372 e. The van der Waals surface area contributed by atoms with Gasteiger partial charge in [-0.3, -0.25) is 0 Å². The first-order valence-corrected chi connectivity index (χ1v) is 7.95. The standard InChI is InChI=1S/C14H23BrN4/c1-4-19(5-2)9-8-11-17-13(10-6-7-10)12(15)14(16-3)18-11/h10H,4-9H2,1-3H3,(H,16,17,18). The van der Waals surface area contributed by atoms with Gasteiger partial charge in [-0.1, -0.05) is 13.8 Å². The zero-order valence-electron chi connectivity index (χ0n) is 12.0. The average Bonchev–Trinajstić information content (AvgIpc) is 3.25. The number of rotatable bonds is 7. The smallest absolute Gasteiger partial charge is 0.144 e. The Morgan fingerprint density at radius 1 is 1.26 bits per heavy atom. The first-order valence-electron chi connectivity index (χ1n) is 7.16. The first-order chi connectivity index (χ1) is 9.19. The van der Waals surface area contributed by atoms with Crippen LogP contribution in [0, 0.1) is 0 Å². The molecule has 1 saturated carbocycles. The van der Waals surface area contributed by atoms with E-state index >= 15 is 0 Å². The molecule has 0 aliphatic heterocycles. The number of aromatic nitrogens is 2. The molecule has 0 radical (unpaired) electrons. The Morgan fingerprint density at radius 3 is 2.47 bits per heavy atom. The summed E-state index contributed by atoms with van der Waals surface area (Å²) < 4.78 is 1.05. The van der Waals surface area contributed by atoms with Crippen LogP contribution in [0.3, 0.4) is 0 Å². The summed E-state index contributed by atoms with van der Waals surface area (Å²) in [6.07, 6.45) is 3.44. The second-order valence-corrected chi connectivity index (χ2v) is 5.78. The van der Waals surface area contributed by atoms with E-state index in [1.165, 1.54) is 18.5 Å². The molecule has 0 saturated heterocycles. The Bertz CT molecular complexity index is 428. The summed E-state index contributed by atoms with van der Waals surface area (Å²) >= 11 is 3.63. The van der Waals surface area contributed by atoms with E-state index in [1.807, 2.05) is 7.05 Å². The molecule has 106 valence electrons. The van der Waals surface area contributed by atoms with Gasteiger partial charge in [-0.2, -0.15) is 0 Å². The van der Waals surface area contributed by atoms with E-state index in [1.54, 1.807) is 0 Å². The maximum absolute atomic E-state index is 4.76. The van der Waals surface area contributed by atoms with Crippen molar-refractivity contribution >= 4 is 21.7 Å². The minimum atomic E-state index is 0.636. The van der Waals surface area contributed by atoms with Crippen LogP contribution in [-0.4, -0.2) is 41.5 Å². The zero-order chi connectivity index (χ0) is 13.8. The van der Waals surface area contributed by atoms with Crippen LogP contribution < -0.4 is 5.32 Å². The molecular weight excluding hydrogens is 304 g/mol. The van der Waals surface area contributed by atoms with Crippen molar-refractivity contribution in [3.8, 4) is 0 Å². The molecule has 1 aliphatic rings. The van der Waals surface area contributed by atoms with Gasteiger partial charge in [0.15, 0.2) is 0 Å². The first kappa shape index (κ1) is 14.7. The maximum Gasteiger partial charge on any atom is 0.144 e. The maximum atomic E-state index is 4.76. The van der Waals surface area contributed by atoms with E-state index in [2.05, 4.69) is 45.0 Å². The van der Waals surface area contributed by atoms with Gasteiger partial charge in [0.2, 0.25) is 0 Å². The quantitative estimate of drug-likeness (QED) is 0.836. The van der Waals surface area contributed by atoms with Crippen molar-refractivity contribution in [2.75, 3.05) is 32.0 Å². The molecule has 2 rings (SSSR count). The third-order valence-corrected chi connectivity index (χ3v) is 4.45. The van der Waals surface area contributed by atoms with Gasteiger partial charge in [-0.05, 0) is 41.9 Å². The van der Waals surface area contributed by atoms with Gasteiger partial charge in [-0.15, -0.1) is 0 Å². The van der Waals surface area contributed by atoms with Crippen LogP contribution >= 0.6 is 15.9 Å². The Morgan fingerprint density at radius 2 is 1.95 bits per heavy atom. The van der Waals surface area contributed by atoms with Gasteiger partial charge in [0, 0.05) is 25.9 Å². The molecular formula is C14H23BrN4. The van der Waals surface area contributed by atoms with Crippen LogP contribution in [0.15, 0.2) is 4.47 Å². The lowest BCUT2D eigenvalue weighted by molar-refractivity contribution is 0.305. The highest BCUT2D eigenvalue weighted by Crippen LogP contribution is 2.43. The number of hydrogen-bond acceptors (Lipinski definition) is 4. The number of anilines is 1. The van der Waals surface area contributed by atoms with E-state index in [9.17, 15) is 0 Å². The highest BCUT2D eigenvalue weighted by atomic mass is 79.9. The lowest BCUT2D eigenvalue weighted by atomic mass is 10.2. The van der Waals surface area contributed by atoms with Crippen LogP contribution in [0.2, 0.25) is 0 Å². The second kappa shape index (κ2) is 6.66. The fourth-order valence-electron chi connectivity index (χ4n) is 2.22. The second-order valence-electron chi connectivity index (χ2n) is 4.99. The summed E-state index contributed by atoms with van der Waals surface area (Å²) in [5, 5.41) is 3.16. The molecule has 1 fully saturated rings. The lowest BCUT2D eigenvalue weighted by Gasteiger charge is -2.18. The Balaban J connectivity index is 2.13. The number of nitrogens with zero attached hydrogens (tertiary/aromatic N) is 3. The lowest BCUT2D eigenvalue weighted by Crippen LogP contribution is -2.26. The Kier molecular flexibility index (Phi) is 5.16. The molecule has 1 aromatic heterocycles. The summed E-state index contributed by atoms with van der Waals surface area (Å²) in [6, 6.07) is 0. The number of likely N-dealkylation sites (N-methyl/N-ethyl adjacent to an activating group) is 1. The van der Waals surface area contributed by atoms with Gasteiger partial charge < -0.3 is 10.2 Å². The van der Waals surface area contributed by atoms with Gasteiger partial charge in [-0.25, -0.2) is 9.97 Å². The van der Waals surface area contributed by atoms with Crippen LogP contribution in [-0.2, 0) is 6.42 Å². The molecule has 0 bridgehead atoms. The SMILES string of the molecule is CCN(CC)CCc1nc(NC)c(Br)c(C2CC2)n1. The largest absolute Gasteiger partial charge is 0.372 e. The van der Waals surface area contributed by atoms with Crippen molar-refractivity contribution in [1.29, 1.82) is 0 Å². The third kappa shape index (κ3) is 3.66. The summed E-state index contributed by atoms with van der Waals surface area (Å²) in [5.74, 6) is 2.52. The number of nitrogens with one attached hydrogen (secondary N) is 1. The highest BCUT2D eigenvalue weighted by molar-refractivity contribution is 9.10. The van der Waals surface area contributed by atoms with Crippen molar-refractivity contribution in [2.24, 2.45) is 0 Å². The molecule has 5 heteroatoms. The van der Waals surface area contributed by atoms with Crippen molar-refractivity contribution in [3.63, 3.8) is 0 Å². The van der Waals surface area contributed by atoms with Gasteiger partial charge >= 0.3 is 0 Å². The van der Waals surface area contributed by atoms with Crippen LogP contribution in [0.1, 0.15) is 44.1 Å². The predicted octanol–water partition coefficient (Wildman–Crippen LogP) is 3.04. The Labute approximate surface area is 124 Å². The predicted molar refractivity (Wildman–Crippen MR) is 82.7 cm³/mol. The molecule has 1 heterocycles. The molecule has 0 unspecified atom stereocenters. The zero-order valence-corrected chi connectivity index (χ0v) is 13.6. The van der Waals surface area contributed by atoms with E-state index in [0.29, 0.717) is 5.92 Å². The molecule has 0 amide bonds. The molecule has 1 aliphatic carbocycles. The van der Waals surface area contributed by atoms with E-state index in [4.69, 9.17) is 4.98 Å². The number of hydrogen-bond donors (Lipinski definition) is 1. The van der Waals surface area contributed by atoms with Gasteiger partial charge in [0.1, 0.15) is 11.6 Å².